The number of benzene rings is 1. The molecular formula is C14H11N3O3. The lowest BCUT2D eigenvalue weighted by Gasteiger charge is -2.24. The number of para-hydroxylation sites is 2. The van der Waals surface area contributed by atoms with Crippen LogP contribution in [-0.2, 0) is 0 Å². The van der Waals surface area contributed by atoms with Crippen molar-refractivity contribution in [2.45, 2.75) is 6.10 Å². The second kappa shape index (κ2) is 4.41. The summed E-state index contributed by atoms with van der Waals surface area (Å²) < 4.78 is 16.4. The molecule has 3 aromatic rings. The van der Waals surface area contributed by atoms with E-state index in [0.717, 1.165) is 11.4 Å². The van der Waals surface area contributed by atoms with Gasteiger partial charge in [-0.3, -0.25) is 0 Å². The van der Waals surface area contributed by atoms with Gasteiger partial charge in [0.25, 0.3) is 5.89 Å². The van der Waals surface area contributed by atoms with Crippen molar-refractivity contribution in [2.24, 2.45) is 0 Å². The Balaban J connectivity index is 1.60. The van der Waals surface area contributed by atoms with Gasteiger partial charge in [-0.15, -0.1) is 0 Å². The van der Waals surface area contributed by atoms with E-state index in [4.69, 9.17) is 13.7 Å². The van der Waals surface area contributed by atoms with E-state index in [0.29, 0.717) is 24.0 Å². The Morgan fingerprint density at radius 3 is 3.00 bits per heavy atom. The fraction of sp³-hybridized carbons (Fsp3) is 0.143. The van der Waals surface area contributed by atoms with Crippen LogP contribution in [0.25, 0.3) is 11.6 Å². The number of hydrogen-bond donors (Lipinski definition) is 1. The van der Waals surface area contributed by atoms with Crippen LogP contribution in [0.15, 0.2) is 51.6 Å². The molecule has 2 aromatic heterocycles. The third-order valence-corrected chi connectivity index (χ3v) is 3.09. The average molecular weight is 269 g/mol. The first-order chi connectivity index (χ1) is 9.90. The molecule has 4 rings (SSSR count). The lowest BCUT2D eigenvalue weighted by Crippen LogP contribution is -2.23. The zero-order chi connectivity index (χ0) is 13.4. The van der Waals surface area contributed by atoms with Gasteiger partial charge in [-0.25, -0.2) is 0 Å². The van der Waals surface area contributed by atoms with E-state index < -0.39 is 0 Å². The standard InChI is InChI=1S/C14H11N3O3/c1-2-5-10-9(4-1)15-8-12(19-10)14-16-13(17-20-14)11-6-3-7-18-11/h1-7,12,15H,8H2. The molecule has 0 saturated carbocycles. The molecule has 0 aliphatic carbocycles. The highest BCUT2D eigenvalue weighted by Crippen LogP contribution is 2.33. The monoisotopic (exact) mass is 269 g/mol. The maximum atomic E-state index is 5.86. The van der Waals surface area contributed by atoms with Crippen molar-refractivity contribution >= 4 is 5.69 Å². The molecule has 0 radical (unpaired) electrons. The summed E-state index contributed by atoms with van der Waals surface area (Å²) in [5.41, 5.74) is 0.967. The number of nitrogens with zero attached hydrogens (tertiary/aromatic N) is 2. The van der Waals surface area contributed by atoms with Crippen molar-refractivity contribution in [2.75, 3.05) is 11.9 Å². The van der Waals surface area contributed by atoms with E-state index in [1.54, 1.807) is 18.4 Å². The van der Waals surface area contributed by atoms with Crippen LogP contribution in [0, 0.1) is 0 Å². The van der Waals surface area contributed by atoms with Gasteiger partial charge in [0.15, 0.2) is 11.9 Å². The molecule has 0 saturated heterocycles. The zero-order valence-electron chi connectivity index (χ0n) is 10.4. The first-order valence-electron chi connectivity index (χ1n) is 6.27. The van der Waals surface area contributed by atoms with Crippen molar-refractivity contribution in [3.8, 4) is 17.3 Å². The summed E-state index contributed by atoms with van der Waals surface area (Å²) in [5, 5.41) is 7.18. The minimum atomic E-state index is -0.305. The molecule has 100 valence electrons. The van der Waals surface area contributed by atoms with Crippen LogP contribution in [0.2, 0.25) is 0 Å². The molecule has 0 amide bonds. The first-order valence-corrected chi connectivity index (χ1v) is 6.27. The van der Waals surface area contributed by atoms with Crippen LogP contribution < -0.4 is 10.1 Å². The van der Waals surface area contributed by atoms with E-state index in [1.165, 1.54) is 0 Å². The van der Waals surface area contributed by atoms with Gasteiger partial charge in [0.05, 0.1) is 18.5 Å². The number of nitrogens with one attached hydrogen (secondary N) is 1. The largest absolute Gasteiger partial charge is 0.477 e. The Hall–Kier alpha value is -2.76. The van der Waals surface area contributed by atoms with E-state index >= 15 is 0 Å². The van der Waals surface area contributed by atoms with Crippen LogP contribution in [0.3, 0.4) is 0 Å². The van der Waals surface area contributed by atoms with Crippen molar-refractivity contribution in [1.82, 2.24) is 10.1 Å². The van der Waals surface area contributed by atoms with Gasteiger partial charge in [0.2, 0.25) is 5.82 Å². The summed E-state index contributed by atoms with van der Waals surface area (Å²) in [6.07, 6.45) is 1.27. The van der Waals surface area contributed by atoms with Gasteiger partial charge < -0.3 is 19.0 Å². The topological polar surface area (TPSA) is 73.3 Å². The van der Waals surface area contributed by atoms with Crippen molar-refractivity contribution in [3.63, 3.8) is 0 Å². The highest BCUT2D eigenvalue weighted by molar-refractivity contribution is 5.57. The molecule has 0 bridgehead atoms. The molecule has 1 N–H and O–H groups in total. The summed E-state index contributed by atoms with van der Waals surface area (Å²) in [6.45, 7) is 0.580. The van der Waals surface area contributed by atoms with Gasteiger partial charge in [0.1, 0.15) is 5.75 Å². The molecule has 1 aromatic carbocycles. The number of fused-ring (bicyclic) bond motifs is 1. The number of aromatic nitrogens is 2. The molecule has 6 nitrogen and oxygen atoms in total. The second-order valence-corrected chi connectivity index (χ2v) is 4.42. The van der Waals surface area contributed by atoms with Crippen LogP contribution in [0.4, 0.5) is 5.69 Å². The Bertz CT molecular complexity index is 721. The van der Waals surface area contributed by atoms with Crippen LogP contribution in [-0.4, -0.2) is 16.7 Å². The number of ether oxygens (including phenoxy) is 1. The van der Waals surface area contributed by atoms with E-state index in [1.807, 2.05) is 24.3 Å². The summed E-state index contributed by atoms with van der Waals surface area (Å²) in [7, 11) is 0. The number of hydrogen-bond acceptors (Lipinski definition) is 6. The highest BCUT2D eigenvalue weighted by atomic mass is 16.5. The van der Waals surface area contributed by atoms with Gasteiger partial charge in [0, 0.05) is 0 Å². The van der Waals surface area contributed by atoms with E-state index in [9.17, 15) is 0 Å². The fourth-order valence-corrected chi connectivity index (χ4v) is 2.12. The number of furan rings is 1. The van der Waals surface area contributed by atoms with Crippen molar-refractivity contribution < 1.29 is 13.7 Å². The summed E-state index contributed by atoms with van der Waals surface area (Å²) in [6, 6.07) is 11.3. The molecule has 1 aliphatic heterocycles. The Kier molecular flexibility index (Phi) is 2.45. The minimum absolute atomic E-state index is 0.305. The summed E-state index contributed by atoms with van der Waals surface area (Å²) in [4.78, 5) is 4.31. The van der Waals surface area contributed by atoms with Gasteiger partial charge >= 0.3 is 0 Å². The molecule has 0 spiro atoms. The quantitative estimate of drug-likeness (QED) is 0.771. The SMILES string of the molecule is c1coc(-c2noc(C3CNc4ccccc4O3)n2)c1. The van der Waals surface area contributed by atoms with Crippen molar-refractivity contribution in [1.29, 1.82) is 0 Å². The van der Waals surface area contributed by atoms with Crippen LogP contribution >= 0.6 is 0 Å². The van der Waals surface area contributed by atoms with Gasteiger partial charge in [-0.1, -0.05) is 17.3 Å². The van der Waals surface area contributed by atoms with Crippen LogP contribution in [0.5, 0.6) is 5.75 Å². The predicted molar refractivity (Wildman–Crippen MR) is 70.3 cm³/mol. The zero-order valence-corrected chi connectivity index (χ0v) is 10.4. The lowest BCUT2D eigenvalue weighted by atomic mass is 10.2. The second-order valence-electron chi connectivity index (χ2n) is 4.42. The molecule has 0 fully saturated rings. The molecule has 1 aliphatic rings. The average Bonchev–Trinajstić information content (AvgIpc) is 3.17. The third-order valence-electron chi connectivity index (χ3n) is 3.09. The number of rotatable bonds is 2. The minimum Gasteiger partial charge on any atom is -0.477 e. The number of anilines is 1. The smallest absolute Gasteiger partial charge is 0.269 e. The lowest BCUT2D eigenvalue weighted by molar-refractivity contribution is 0.163. The Morgan fingerprint density at radius 2 is 2.10 bits per heavy atom. The van der Waals surface area contributed by atoms with Crippen molar-refractivity contribution in [3.05, 3.63) is 48.6 Å². The molecule has 1 unspecified atom stereocenters. The molecule has 1 atom stereocenters. The normalized spacial score (nSPS) is 17.1. The Morgan fingerprint density at radius 1 is 1.15 bits per heavy atom. The molecule has 20 heavy (non-hydrogen) atoms. The summed E-state index contributed by atoms with van der Waals surface area (Å²) >= 11 is 0. The maximum Gasteiger partial charge on any atom is 0.269 e. The molecule has 6 heteroatoms. The first kappa shape index (κ1) is 11.1. The molecule has 3 heterocycles. The predicted octanol–water partition coefficient (Wildman–Crippen LogP) is 2.88. The van der Waals surface area contributed by atoms with Gasteiger partial charge in [-0.2, -0.15) is 4.98 Å². The highest BCUT2D eigenvalue weighted by Gasteiger charge is 2.26. The van der Waals surface area contributed by atoms with E-state index in [-0.39, 0.29) is 6.10 Å². The summed E-state index contributed by atoms with van der Waals surface area (Å²) in [5.74, 6) is 2.21. The van der Waals surface area contributed by atoms with E-state index in [2.05, 4.69) is 15.5 Å². The maximum absolute atomic E-state index is 5.86. The van der Waals surface area contributed by atoms with Gasteiger partial charge in [-0.05, 0) is 24.3 Å². The van der Waals surface area contributed by atoms with Crippen LogP contribution in [0.1, 0.15) is 12.0 Å². The third kappa shape index (κ3) is 1.82. The fourth-order valence-electron chi connectivity index (χ4n) is 2.12. The molecular weight excluding hydrogens is 258 g/mol. The Labute approximate surface area is 114 Å².